The topological polar surface area (TPSA) is 38.3 Å². The average molecular weight is 274 g/mol. The van der Waals surface area contributed by atoms with Crippen LogP contribution in [0.3, 0.4) is 0 Å². The van der Waals surface area contributed by atoms with Gasteiger partial charge in [0.15, 0.2) is 0 Å². The van der Waals surface area contributed by atoms with Crippen LogP contribution in [0.1, 0.15) is 11.6 Å². The highest BCUT2D eigenvalue weighted by Gasteiger charge is 2.22. The maximum Gasteiger partial charge on any atom is 0.327 e. The van der Waals surface area contributed by atoms with Crippen molar-refractivity contribution in [3.05, 3.63) is 46.5 Å². The lowest BCUT2D eigenvalue weighted by Crippen LogP contribution is -2.30. The van der Waals surface area contributed by atoms with Gasteiger partial charge in [-0.2, -0.15) is 0 Å². The van der Waals surface area contributed by atoms with Gasteiger partial charge in [0, 0.05) is 22.2 Å². The summed E-state index contributed by atoms with van der Waals surface area (Å²) in [5.41, 5.74) is 0.591. The molecule has 1 atom stereocenters. The number of ether oxygens (including phenoxy) is 1. The number of hydrogen-bond donors (Lipinski definition) is 1. The summed E-state index contributed by atoms with van der Waals surface area (Å²) < 4.78 is 4.72. The molecule has 0 bridgehead atoms. The molecule has 1 rings (SSSR count). The van der Waals surface area contributed by atoms with Crippen LogP contribution in [0.5, 0.6) is 0 Å². The van der Waals surface area contributed by atoms with E-state index in [0.717, 1.165) is 0 Å². The van der Waals surface area contributed by atoms with Crippen LogP contribution in [-0.4, -0.2) is 19.6 Å². The van der Waals surface area contributed by atoms with Crippen molar-refractivity contribution in [3.8, 4) is 0 Å². The van der Waals surface area contributed by atoms with Crippen molar-refractivity contribution in [2.75, 3.05) is 13.7 Å². The van der Waals surface area contributed by atoms with Gasteiger partial charge in [-0.25, -0.2) is 4.79 Å². The van der Waals surface area contributed by atoms with Gasteiger partial charge in [0.25, 0.3) is 0 Å². The summed E-state index contributed by atoms with van der Waals surface area (Å²) in [6.45, 7) is 4.04. The normalized spacial score (nSPS) is 11.9. The molecular formula is C12H13Cl2NO2. The molecule has 1 aromatic rings. The molecule has 0 saturated heterocycles. The molecule has 0 aliphatic heterocycles. The zero-order chi connectivity index (χ0) is 12.8. The Morgan fingerprint density at radius 2 is 2.29 bits per heavy atom. The fraction of sp³-hybridized carbons (Fsp3) is 0.250. The molecule has 0 fully saturated rings. The van der Waals surface area contributed by atoms with Crippen LogP contribution >= 0.6 is 23.2 Å². The minimum Gasteiger partial charge on any atom is -0.468 e. The average Bonchev–Trinajstić information content (AvgIpc) is 2.33. The van der Waals surface area contributed by atoms with E-state index in [1.54, 1.807) is 24.3 Å². The Hall–Kier alpha value is -1.03. The summed E-state index contributed by atoms with van der Waals surface area (Å²) in [4.78, 5) is 11.7. The Balaban J connectivity index is 3.06. The molecule has 0 spiro atoms. The second-order valence-electron chi connectivity index (χ2n) is 3.32. The molecule has 1 unspecified atom stereocenters. The number of esters is 1. The van der Waals surface area contributed by atoms with Crippen molar-refractivity contribution in [2.24, 2.45) is 0 Å². The minimum absolute atomic E-state index is 0.420. The predicted octanol–water partition coefficient (Wildman–Crippen LogP) is 2.98. The van der Waals surface area contributed by atoms with Gasteiger partial charge < -0.3 is 4.74 Å². The number of rotatable bonds is 5. The fourth-order valence-corrected chi connectivity index (χ4v) is 1.78. The highest BCUT2D eigenvalue weighted by Crippen LogP contribution is 2.27. The van der Waals surface area contributed by atoms with E-state index >= 15 is 0 Å². The number of methoxy groups -OCH3 is 1. The van der Waals surface area contributed by atoms with E-state index in [1.165, 1.54) is 7.11 Å². The van der Waals surface area contributed by atoms with Crippen LogP contribution in [0, 0.1) is 0 Å². The van der Waals surface area contributed by atoms with Crippen LogP contribution in [0.4, 0.5) is 0 Å². The number of carbonyl (C=O) groups is 1. The molecule has 0 aromatic heterocycles. The lowest BCUT2D eigenvalue weighted by atomic mass is 10.1. The predicted molar refractivity (Wildman–Crippen MR) is 69.4 cm³/mol. The first-order valence-corrected chi connectivity index (χ1v) is 5.72. The van der Waals surface area contributed by atoms with Gasteiger partial charge in [0.1, 0.15) is 6.04 Å². The summed E-state index contributed by atoms with van der Waals surface area (Å²) >= 11 is 11.9. The second-order valence-corrected chi connectivity index (χ2v) is 4.16. The van der Waals surface area contributed by atoms with E-state index in [4.69, 9.17) is 27.9 Å². The number of hydrogen-bond acceptors (Lipinski definition) is 3. The highest BCUT2D eigenvalue weighted by molar-refractivity contribution is 6.33. The maximum atomic E-state index is 11.7. The van der Waals surface area contributed by atoms with E-state index < -0.39 is 12.0 Å². The summed E-state index contributed by atoms with van der Waals surface area (Å²) in [6, 6.07) is 4.30. The Bertz CT molecular complexity index is 421. The second kappa shape index (κ2) is 6.64. The summed E-state index contributed by atoms with van der Waals surface area (Å²) in [6.07, 6.45) is 1.65. The third-order valence-corrected chi connectivity index (χ3v) is 2.75. The van der Waals surface area contributed by atoms with Gasteiger partial charge in [-0.3, -0.25) is 5.32 Å². The van der Waals surface area contributed by atoms with Gasteiger partial charge in [-0.05, 0) is 18.2 Å². The fourth-order valence-electron chi connectivity index (χ4n) is 1.38. The monoisotopic (exact) mass is 273 g/mol. The Labute approximate surface area is 110 Å². The smallest absolute Gasteiger partial charge is 0.327 e. The molecule has 0 heterocycles. The van der Waals surface area contributed by atoms with E-state index in [1.807, 2.05) is 0 Å². The summed E-state index contributed by atoms with van der Waals surface area (Å²) in [5, 5.41) is 3.94. The molecule has 0 radical (unpaired) electrons. The molecule has 5 heteroatoms. The van der Waals surface area contributed by atoms with E-state index in [0.29, 0.717) is 22.2 Å². The van der Waals surface area contributed by atoms with Crippen molar-refractivity contribution < 1.29 is 9.53 Å². The standard InChI is InChI=1S/C12H13Cl2NO2/c1-3-6-15-11(12(16)17-2)9-7-8(13)4-5-10(9)14/h3-5,7,11,15H,1,6H2,2H3. The number of benzene rings is 1. The molecule has 0 amide bonds. The number of carbonyl (C=O) groups excluding carboxylic acids is 1. The third-order valence-electron chi connectivity index (χ3n) is 2.17. The molecule has 3 nitrogen and oxygen atoms in total. The van der Waals surface area contributed by atoms with Crippen LogP contribution < -0.4 is 5.32 Å². The lowest BCUT2D eigenvalue weighted by molar-refractivity contribution is -0.143. The zero-order valence-electron chi connectivity index (χ0n) is 9.37. The first-order chi connectivity index (χ1) is 8.10. The Morgan fingerprint density at radius 1 is 1.59 bits per heavy atom. The molecule has 17 heavy (non-hydrogen) atoms. The summed E-state index contributed by atoms with van der Waals surface area (Å²) in [5.74, 6) is -0.420. The SMILES string of the molecule is C=CCNC(C(=O)OC)c1cc(Cl)ccc1Cl. The Kier molecular flexibility index (Phi) is 5.48. The minimum atomic E-state index is -0.649. The molecule has 92 valence electrons. The number of halogens is 2. The highest BCUT2D eigenvalue weighted by atomic mass is 35.5. The van der Waals surface area contributed by atoms with Crippen molar-refractivity contribution in [2.45, 2.75) is 6.04 Å². The molecular weight excluding hydrogens is 261 g/mol. The van der Waals surface area contributed by atoms with Gasteiger partial charge in [0.2, 0.25) is 0 Å². The third kappa shape index (κ3) is 3.73. The van der Waals surface area contributed by atoms with Gasteiger partial charge in [-0.1, -0.05) is 29.3 Å². The molecule has 1 aromatic carbocycles. The van der Waals surface area contributed by atoms with E-state index in [9.17, 15) is 4.79 Å². The van der Waals surface area contributed by atoms with Crippen molar-refractivity contribution in [1.82, 2.24) is 5.32 Å². The van der Waals surface area contributed by atoms with Crippen LogP contribution in [0.25, 0.3) is 0 Å². The van der Waals surface area contributed by atoms with Gasteiger partial charge in [-0.15, -0.1) is 6.58 Å². The van der Waals surface area contributed by atoms with E-state index in [-0.39, 0.29) is 0 Å². The number of nitrogens with one attached hydrogen (secondary N) is 1. The van der Waals surface area contributed by atoms with Gasteiger partial charge in [0.05, 0.1) is 7.11 Å². The van der Waals surface area contributed by atoms with Crippen molar-refractivity contribution >= 4 is 29.2 Å². The quantitative estimate of drug-likeness (QED) is 0.662. The summed E-state index contributed by atoms with van der Waals surface area (Å²) in [7, 11) is 1.32. The first kappa shape index (κ1) is 14.0. The molecule has 0 aliphatic carbocycles. The van der Waals surface area contributed by atoms with Crippen LogP contribution in [-0.2, 0) is 9.53 Å². The van der Waals surface area contributed by atoms with Crippen molar-refractivity contribution in [3.63, 3.8) is 0 Å². The molecule has 1 N–H and O–H groups in total. The van der Waals surface area contributed by atoms with Gasteiger partial charge >= 0.3 is 5.97 Å². The largest absolute Gasteiger partial charge is 0.468 e. The van der Waals surface area contributed by atoms with Crippen molar-refractivity contribution in [1.29, 1.82) is 0 Å². The Morgan fingerprint density at radius 3 is 2.88 bits per heavy atom. The maximum absolute atomic E-state index is 11.7. The molecule has 0 aliphatic rings. The van der Waals surface area contributed by atoms with Crippen LogP contribution in [0.15, 0.2) is 30.9 Å². The molecule has 0 saturated carbocycles. The zero-order valence-corrected chi connectivity index (χ0v) is 10.9. The first-order valence-electron chi connectivity index (χ1n) is 4.97. The van der Waals surface area contributed by atoms with E-state index in [2.05, 4.69) is 11.9 Å². The lowest BCUT2D eigenvalue weighted by Gasteiger charge is -2.17. The van der Waals surface area contributed by atoms with Crippen LogP contribution in [0.2, 0.25) is 10.0 Å².